The number of aryl methyl sites for hydroxylation is 2. The van der Waals surface area contributed by atoms with Gasteiger partial charge in [-0.2, -0.15) is 0 Å². The van der Waals surface area contributed by atoms with E-state index in [4.69, 9.17) is 0 Å². The van der Waals surface area contributed by atoms with E-state index in [0.717, 1.165) is 11.3 Å². The van der Waals surface area contributed by atoms with Crippen molar-refractivity contribution in [3.05, 3.63) is 44.8 Å². The monoisotopic (exact) mass is 264 g/mol. The van der Waals surface area contributed by atoms with Crippen molar-refractivity contribution >= 4 is 17.1 Å². The van der Waals surface area contributed by atoms with Crippen molar-refractivity contribution in [3.8, 4) is 0 Å². The van der Waals surface area contributed by atoms with Gasteiger partial charge in [-0.3, -0.25) is 13.9 Å². The standard InChI is InChI=1S/C13H16N2O2S/c1-3-10-5-6-12(18-10)11(16)9-15-8-7-14(4-2)13(15)17/h5-8H,3-4,9H2,1-2H3. The SMILES string of the molecule is CCc1ccc(C(=O)Cn2ccn(CC)c2=O)s1. The molecule has 0 aromatic carbocycles. The molecule has 0 saturated carbocycles. The van der Waals surface area contributed by atoms with Gasteiger partial charge < -0.3 is 0 Å². The number of hydrogen-bond donors (Lipinski definition) is 0. The fourth-order valence-electron chi connectivity index (χ4n) is 1.76. The molecule has 0 bridgehead atoms. The summed E-state index contributed by atoms with van der Waals surface area (Å²) in [6.45, 7) is 4.71. The van der Waals surface area contributed by atoms with E-state index in [1.54, 1.807) is 17.0 Å². The van der Waals surface area contributed by atoms with Crippen LogP contribution >= 0.6 is 11.3 Å². The highest BCUT2D eigenvalue weighted by Crippen LogP contribution is 2.17. The zero-order chi connectivity index (χ0) is 13.1. The zero-order valence-corrected chi connectivity index (χ0v) is 11.4. The van der Waals surface area contributed by atoms with Crippen LogP contribution in [0.1, 0.15) is 28.4 Å². The Labute approximate surface area is 109 Å². The lowest BCUT2D eigenvalue weighted by molar-refractivity contribution is 0.0974. The quantitative estimate of drug-likeness (QED) is 0.777. The molecular weight excluding hydrogens is 248 g/mol. The maximum absolute atomic E-state index is 12.0. The van der Waals surface area contributed by atoms with Gasteiger partial charge in [0.25, 0.3) is 0 Å². The minimum atomic E-state index is -0.127. The first-order chi connectivity index (χ1) is 8.65. The van der Waals surface area contributed by atoms with Crippen molar-refractivity contribution in [3.63, 3.8) is 0 Å². The molecule has 0 aliphatic carbocycles. The normalized spacial score (nSPS) is 10.8. The molecule has 5 heteroatoms. The molecule has 0 N–H and O–H groups in total. The van der Waals surface area contributed by atoms with Gasteiger partial charge in [0.15, 0.2) is 5.78 Å². The molecule has 0 aliphatic rings. The highest BCUT2D eigenvalue weighted by Gasteiger charge is 2.11. The number of rotatable bonds is 5. The summed E-state index contributed by atoms with van der Waals surface area (Å²) in [6, 6.07) is 3.81. The van der Waals surface area contributed by atoms with Gasteiger partial charge in [-0.1, -0.05) is 6.92 Å². The highest BCUT2D eigenvalue weighted by molar-refractivity contribution is 7.14. The number of aromatic nitrogens is 2. The molecule has 18 heavy (non-hydrogen) atoms. The fourth-order valence-corrected chi connectivity index (χ4v) is 2.64. The number of carbonyl (C=O) groups excluding carboxylic acids is 1. The van der Waals surface area contributed by atoms with Gasteiger partial charge in [0.05, 0.1) is 11.4 Å². The van der Waals surface area contributed by atoms with Crippen LogP contribution in [-0.2, 0) is 19.5 Å². The van der Waals surface area contributed by atoms with Gasteiger partial charge in [0.1, 0.15) is 0 Å². The lowest BCUT2D eigenvalue weighted by Crippen LogP contribution is -2.26. The van der Waals surface area contributed by atoms with E-state index < -0.39 is 0 Å². The van der Waals surface area contributed by atoms with Gasteiger partial charge in [-0.05, 0) is 25.5 Å². The number of Topliss-reactive ketones (excluding diaryl/α,β-unsaturated/α-hetero) is 1. The van der Waals surface area contributed by atoms with Crippen molar-refractivity contribution in [1.82, 2.24) is 9.13 Å². The van der Waals surface area contributed by atoms with Crippen LogP contribution in [0.2, 0.25) is 0 Å². The van der Waals surface area contributed by atoms with Crippen LogP contribution in [0, 0.1) is 0 Å². The maximum Gasteiger partial charge on any atom is 0.328 e. The predicted octanol–water partition coefficient (Wildman–Crippen LogP) is 2.18. The van der Waals surface area contributed by atoms with E-state index in [-0.39, 0.29) is 18.0 Å². The largest absolute Gasteiger partial charge is 0.328 e. The van der Waals surface area contributed by atoms with Crippen LogP contribution in [0.4, 0.5) is 0 Å². The molecule has 0 atom stereocenters. The molecule has 2 aromatic rings. The first-order valence-corrected chi connectivity index (χ1v) is 6.84. The third-order valence-electron chi connectivity index (χ3n) is 2.86. The summed E-state index contributed by atoms with van der Waals surface area (Å²) in [5.74, 6) is -0.00402. The Morgan fingerprint density at radius 3 is 2.50 bits per heavy atom. The molecular formula is C13H16N2O2S. The second-order valence-corrected chi connectivity index (χ2v) is 5.21. The van der Waals surface area contributed by atoms with E-state index in [0.29, 0.717) is 6.54 Å². The summed E-state index contributed by atoms with van der Waals surface area (Å²) >= 11 is 1.51. The molecule has 0 fully saturated rings. The maximum atomic E-state index is 12.0. The van der Waals surface area contributed by atoms with Gasteiger partial charge in [-0.25, -0.2) is 4.79 Å². The average molecular weight is 264 g/mol. The number of ketones is 1. The summed E-state index contributed by atoms with van der Waals surface area (Å²) in [5.41, 5.74) is -0.127. The molecule has 2 aromatic heterocycles. The molecule has 2 heterocycles. The molecule has 0 amide bonds. The summed E-state index contributed by atoms with van der Waals surface area (Å²) in [4.78, 5) is 25.8. The number of thiophene rings is 1. The first kappa shape index (κ1) is 12.8. The molecule has 4 nitrogen and oxygen atoms in total. The molecule has 2 rings (SSSR count). The van der Waals surface area contributed by atoms with Crippen LogP contribution in [0.25, 0.3) is 0 Å². The smallest absolute Gasteiger partial charge is 0.300 e. The number of nitrogens with zero attached hydrogens (tertiary/aromatic N) is 2. The molecule has 0 aliphatic heterocycles. The van der Waals surface area contributed by atoms with Crippen LogP contribution in [-0.4, -0.2) is 14.9 Å². The topological polar surface area (TPSA) is 44.0 Å². The van der Waals surface area contributed by atoms with E-state index in [1.165, 1.54) is 20.8 Å². The third-order valence-corrected chi connectivity index (χ3v) is 4.13. The number of hydrogen-bond acceptors (Lipinski definition) is 3. The van der Waals surface area contributed by atoms with Gasteiger partial charge in [0, 0.05) is 23.8 Å². The molecule has 0 radical (unpaired) electrons. The lowest BCUT2D eigenvalue weighted by atomic mass is 10.3. The minimum Gasteiger partial charge on any atom is -0.300 e. The second-order valence-electron chi connectivity index (χ2n) is 4.04. The lowest BCUT2D eigenvalue weighted by Gasteiger charge is -1.99. The molecule has 96 valence electrons. The van der Waals surface area contributed by atoms with E-state index in [9.17, 15) is 9.59 Å². The number of imidazole rings is 1. The Balaban J connectivity index is 2.16. The minimum absolute atomic E-state index is 0.00402. The molecule has 0 unspecified atom stereocenters. The molecule has 0 spiro atoms. The Kier molecular flexibility index (Phi) is 3.81. The Morgan fingerprint density at radius 2 is 1.94 bits per heavy atom. The summed E-state index contributed by atoms with van der Waals surface area (Å²) < 4.78 is 3.04. The van der Waals surface area contributed by atoms with Crippen LogP contribution in [0.15, 0.2) is 29.3 Å². The Bertz CT molecular complexity index is 607. The average Bonchev–Trinajstić information content (AvgIpc) is 2.97. The summed E-state index contributed by atoms with van der Waals surface area (Å²) in [6.07, 6.45) is 4.31. The Morgan fingerprint density at radius 1 is 1.22 bits per heavy atom. The van der Waals surface area contributed by atoms with E-state index in [2.05, 4.69) is 6.92 Å². The predicted molar refractivity (Wildman–Crippen MR) is 72.4 cm³/mol. The second kappa shape index (κ2) is 5.35. The van der Waals surface area contributed by atoms with Crippen LogP contribution in [0.5, 0.6) is 0 Å². The number of carbonyl (C=O) groups is 1. The molecule has 0 saturated heterocycles. The summed E-state index contributed by atoms with van der Waals surface area (Å²) in [7, 11) is 0. The van der Waals surface area contributed by atoms with Crippen LogP contribution in [0.3, 0.4) is 0 Å². The fraction of sp³-hybridized carbons (Fsp3) is 0.385. The Hall–Kier alpha value is -1.62. The first-order valence-electron chi connectivity index (χ1n) is 6.03. The third kappa shape index (κ3) is 2.46. The summed E-state index contributed by atoms with van der Waals surface area (Å²) in [5, 5.41) is 0. The van der Waals surface area contributed by atoms with Crippen molar-refractivity contribution in [2.45, 2.75) is 33.4 Å². The van der Waals surface area contributed by atoms with Crippen molar-refractivity contribution in [1.29, 1.82) is 0 Å². The highest BCUT2D eigenvalue weighted by atomic mass is 32.1. The van der Waals surface area contributed by atoms with Gasteiger partial charge >= 0.3 is 5.69 Å². The van der Waals surface area contributed by atoms with Crippen molar-refractivity contribution < 1.29 is 4.79 Å². The van der Waals surface area contributed by atoms with Gasteiger partial charge in [0.2, 0.25) is 0 Å². The van der Waals surface area contributed by atoms with Gasteiger partial charge in [-0.15, -0.1) is 11.3 Å². The van der Waals surface area contributed by atoms with E-state index in [1.807, 2.05) is 19.1 Å². The van der Waals surface area contributed by atoms with E-state index >= 15 is 0 Å². The van der Waals surface area contributed by atoms with Crippen LogP contribution < -0.4 is 5.69 Å². The van der Waals surface area contributed by atoms with Crippen molar-refractivity contribution in [2.75, 3.05) is 0 Å². The van der Waals surface area contributed by atoms with Crippen molar-refractivity contribution in [2.24, 2.45) is 0 Å². The zero-order valence-electron chi connectivity index (χ0n) is 10.5.